The van der Waals surface area contributed by atoms with Crippen molar-refractivity contribution in [2.45, 2.75) is 12.5 Å². The van der Waals surface area contributed by atoms with E-state index in [0.29, 0.717) is 22.9 Å². The lowest BCUT2D eigenvalue weighted by atomic mass is 10.2. The van der Waals surface area contributed by atoms with E-state index in [1.807, 2.05) is 0 Å². The van der Waals surface area contributed by atoms with Crippen LogP contribution in [0.1, 0.15) is 5.69 Å². The second-order valence-corrected chi connectivity index (χ2v) is 4.43. The van der Waals surface area contributed by atoms with Gasteiger partial charge in [-0.2, -0.15) is 0 Å². The minimum atomic E-state index is -0.909. The van der Waals surface area contributed by atoms with Crippen LogP contribution in [0, 0.1) is 0 Å². The highest BCUT2D eigenvalue weighted by molar-refractivity contribution is 8.14. The van der Waals surface area contributed by atoms with Crippen LogP contribution in [0.2, 0.25) is 0 Å². The standard InChI is InChI=1S/C10H10N2O3S/c13-8-2-1-3-11-6(8)4-9-12-7(5-16-9)10(14)15/h1-3,7,13H,4-5H2,(H,14,15)/t7-/m0/s1. The first kappa shape index (κ1) is 10.9. The van der Waals surface area contributed by atoms with Crippen molar-refractivity contribution in [1.29, 1.82) is 0 Å². The molecule has 1 aromatic heterocycles. The van der Waals surface area contributed by atoms with E-state index < -0.39 is 12.0 Å². The van der Waals surface area contributed by atoms with Gasteiger partial charge in [0.05, 0.1) is 10.7 Å². The van der Waals surface area contributed by atoms with Gasteiger partial charge in [-0.05, 0) is 12.1 Å². The minimum Gasteiger partial charge on any atom is -0.506 e. The molecule has 1 atom stereocenters. The summed E-state index contributed by atoms with van der Waals surface area (Å²) in [7, 11) is 0. The van der Waals surface area contributed by atoms with Crippen molar-refractivity contribution in [1.82, 2.24) is 4.98 Å². The van der Waals surface area contributed by atoms with Crippen LogP contribution >= 0.6 is 11.8 Å². The maximum Gasteiger partial charge on any atom is 0.329 e. The lowest BCUT2D eigenvalue weighted by molar-refractivity contribution is -0.137. The first-order valence-electron chi connectivity index (χ1n) is 4.72. The Kier molecular flexibility index (Phi) is 3.09. The maximum absolute atomic E-state index is 10.7. The van der Waals surface area contributed by atoms with Gasteiger partial charge in [-0.1, -0.05) is 0 Å². The molecule has 5 nitrogen and oxygen atoms in total. The highest BCUT2D eigenvalue weighted by Gasteiger charge is 2.24. The van der Waals surface area contributed by atoms with Crippen LogP contribution in [0.15, 0.2) is 23.3 Å². The molecule has 0 radical (unpaired) electrons. The number of thioether (sulfide) groups is 1. The van der Waals surface area contributed by atoms with Gasteiger partial charge in [-0.15, -0.1) is 11.8 Å². The molecular formula is C10H10N2O3S. The van der Waals surface area contributed by atoms with E-state index in [-0.39, 0.29) is 5.75 Å². The van der Waals surface area contributed by atoms with Crippen LogP contribution in [-0.2, 0) is 11.2 Å². The fourth-order valence-electron chi connectivity index (χ4n) is 1.36. The highest BCUT2D eigenvalue weighted by atomic mass is 32.2. The van der Waals surface area contributed by atoms with Gasteiger partial charge in [-0.25, -0.2) is 4.79 Å². The topological polar surface area (TPSA) is 82.8 Å². The number of carboxylic acid groups (broad SMARTS) is 1. The summed E-state index contributed by atoms with van der Waals surface area (Å²) < 4.78 is 0. The Labute approximate surface area is 96.2 Å². The molecule has 1 aromatic rings. The number of hydrogen-bond donors (Lipinski definition) is 2. The number of carbonyl (C=O) groups is 1. The van der Waals surface area contributed by atoms with Gasteiger partial charge in [0.2, 0.25) is 0 Å². The van der Waals surface area contributed by atoms with E-state index in [9.17, 15) is 9.90 Å². The molecule has 0 fully saturated rings. The number of carboxylic acids is 1. The second kappa shape index (κ2) is 4.52. The molecule has 1 aliphatic heterocycles. The third kappa shape index (κ3) is 2.33. The van der Waals surface area contributed by atoms with Crippen LogP contribution in [0.5, 0.6) is 5.75 Å². The van der Waals surface area contributed by atoms with Gasteiger partial charge in [0.1, 0.15) is 5.75 Å². The molecule has 6 heteroatoms. The zero-order valence-electron chi connectivity index (χ0n) is 8.33. The third-order valence-corrected chi connectivity index (χ3v) is 3.24. The van der Waals surface area contributed by atoms with E-state index in [0.717, 1.165) is 0 Å². The molecule has 2 rings (SSSR count). The molecule has 2 heterocycles. The zero-order valence-corrected chi connectivity index (χ0v) is 9.15. The molecule has 0 saturated heterocycles. The number of aliphatic imine (C=N–C) groups is 1. The Bertz CT molecular complexity index is 447. The molecule has 16 heavy (non-hydrogen) atoms. The first-order valence-corrected chi connectivity index (χ1v) is 5.70. The summed E-state index contributed by atoms with van der Waals surface area (Å²) in [6.07, 6.45) is 1.98. The summed E-state index contributed by atoms with van der Waals surface area (Å²) in [6.45, 7) is 0. The molecule has 2 N–H and O–H groups in total. The van der Waals surface area contributed by atoms with Gasteiger partial charge < -0.3 is 10.2 Å². The number of nitrogens with zero attached hydrogens (tertiary/aromatic N) is 2. The summed E-state index contributed by atoms with van der Waals surface area (Å²) in [5.74, 6) is -0.338. The Morgan fingerprint density at radius 2 is 2.44 bits per heavy atom. The van der Waals surface area contributed by atoms with Gasteiger partial charge in [0, 0.05) is 18.4 Å². The normalized spacial score (nSPS) is 19.5. The largest absolute Gasteiger partial charge is 0.506 e. The highest BCUT2D eigenvalue weighted by Crippen LogP contribution is 2.23. The summed E-state index contributed by atoms with van der Waals surface area (Å²) in [4.78, 5) is 18.8. The molecule has 0 saturated carbocycles. The molecule has 0 unspecified atom stereocenters. The summed E-state index contributed by atoms with van der Waals surface area (Å²) in [6, 6.07) is 2.53. The average Bonchev–Trinajstić information content (AvgIpc) is 2.70. The SMILES string of the molecule is O=C(O)[C@@H]1CSC(Cc2ncccc2O)=N1. The Morgan fingerprint density at radius 1 is 1.62 bits per heavy atom. The van der Waals surface area contributed by atoms with Gasteiger partial charge in [-0.3, -0.25) is 9.98 Å². The fraction of sp³-hybridized carbons (Fsp3) is 0.300. The van der Waals surface area contributed by atoms with Crippen molar-refractivity contribution in [3.8, 4) is 5.75 Å². The lowest BCUT2D eigenvalue weighted by Gasteiger charge is -2.01. The molecule has 1 aliphatic rings. The molecule has 84 valence electrons. The second-order valence-electron chi connectivity index (χ2n) is 3.33. The molecule has 0 bridgehead atoms. The minimum absolute atomic E-state index is 0.115. The molecule has 0 aliphatic carbocycles. The number of aromatic hydroxyl groups is 1. The van der Waals surface area contributed by atoms with Crippen molar-refractivity contribution in [3.05, 3.63) is 24.0 Å². The molecule has 0 amide bonds. The number of aromatic nitrogens is 1. The first-order chi connectivity index (χ1) is 7.66. The van der Waals surface area contributed by atoms with Crippen molar-refractivity contribution < 1.29 is 15.0 Å². The van der Waals surface area contributed by atoms with Crippen LogP contribution in [0.3, 0.4) is 0 Å². The van der Waals surface area contributed by atoms with Crippen LogP contribution < -0.4 is 0 Å². The monoisotopic (exact) mass is 238 g/mol. The number of rotatable bonds is 3. The quantitative estimate of drug-likeness (QED) is 0.818. The van der Waals surface area contributed by atoms with Crippen molar-refractivity contribution in [3.63, 3.8) is 0 Å². The maximum atomic E-state index is 10.7. The average molecular weight is 238 g/mol. The predicted octanol–water partition coefficient (Wildman–Crippen LogP) is 0.928. The zero-order chi connectivity index (χ0) is 11.5. The lowest BCUT2D eigenvalue weighted by Crippen LogP contribution is -2.17. The van der Waals surface area contributed by atoms with E-state index in [2.05, 4.69) is 9.98 Å². The van der Waals surface area contributed by atoms with Crippen molar-refractivity contribution in [2.75, 3.05) is 5.75 Å². The number of hydrogen-bond acceptors (Lipinski definition) is 5. The molecule has 0 aromatic carbocycles. The van der Waals surface area contributed by atoms with Crippen molar-refractivity contribution in [2.24, 2.45) is 4.99 Å². The summed E-state index contributed by atoms with van der Waals surface area (Å²) in [5, 5.41) is 19.0. The van der Waals surface area contributed by atoms with Crippen LogP contribution in [0.4, 0.5) is 0 Å². The van der Waals surface area contributed by atoms with Gasteiger partial charge in [0.15, 0.2) is 6.04 Å². The molecule has 0 spiro atoms. The van der Waals surface area contributed by atoms with E-state index in [1.165, 1.54) is 11.8 Å². The van der Waals surface area contributed by atoms with Crippen LogP contribution in [-0.4, -0.2) is 38.0 Å². The number of pyridine rings is 1. The molecular weight excluding hydrogens is 228 g/mol. The van der Waals surface area contributed by atoms with Gasteiger partial charge >= 0.3 is 5.97 Å². The Balaban J connectivity index is 2.09. The predicted molar refractivity (Wildman–Crippen MR) is 60.9 cm³/mol. The number of aliphatic carboxylic acids is 1. The van der Waals surface area contributed by atoms with E-state index >= 15 is 0 Å². The van der Waals surface area contributed by atoms with E-state index in [4.69, 9.17) is 5.11 Å². The summed E-state index contributed by atoms with van der Waals surface area (Å²) >= 11 is 1.40. The Morgan fingerprint density at radius 3 is 3.06 bits per heavy atom. The van der Waals surface area contributed by atoms with Crippen molar-refractivity contribution >= 4 is 22.8 Å². The fourth-order valence-corrected chi connectivity index (χ4v) is 2.36. The Hall–Kier alpha value is -1.56. The summed E-state index contributed by atoms with van der Waals surface area (Å²) in [5.41, 5.74) is 0.528. The van der Waals surface area contributed by atoms with Crippen LogP contribution in [0.25, 0.3) is 0 Å². The van der Waals surface area contributed by atoms with E-state index in [1.54, 1.807) is 18.3 Å². The third-order valence-electron chi connectivity index (χ3n) is 2.18. The van der Waals surface area contributed by atoms with Gasteiger partial charge in [0.25, 0.3) is 0 Å². The smallest absolute Gasteiger partial charge is 0.329 e.